The molecule has 0 unspecified atom stereocenters. The Bertz CT molecular complexity index is 936. The van der Waals surface area contributed by atoms with E-state index in [0.29, 0.717) is 30.3 Å². The van der Waals surface area contributed by atoms with Crippen LogP contribution >= 0.6 is 11.8 Å². The van der Waals surface area contributed by atoms with Gasteiger partial charge in [-0.05, 0) is 50.0 Å². The van der Waals surface area contributed by atoms with E-state index in [-0.39, 0.29) is 17.9 Å². The van der Waals surface area contributed by atoms with Gasteiger partial charge in [0.2, 0.25) is 5.91 Å². The van der Waals surface area contributed by atoms with E-state index < -0.39 is 5.54 Å². The lowest BCUT2D eigenvalue weighted by Gasteiger charge is -2.45. The second-order valence-electron chi connectivity index (χ2n) is 9.32. The number of amides is 2. The highest BCUT2D eigenvalue weighted by Crippen LogP contribution is 2.34. The molecule has 0 saturated heterocycles. The van der Waals surface area contributed by atoms with E-state index in [1.807, 2.05) is 40.3 Å². The molecular formula is C24H35N3O3S. The summed E-state index contributed by atoms with van der Waals surface area (Å²) in [4.78, 5) is 29.1. The molecule has 1 fully saturated rings. The third-order valence-electron chi connectivity index (χ3n) is 6.98. The fraction of sp³-hybridized carbons (Fsp3) is 0.667. The predicted molar refractivity (Wildman–Crippen MR) is 125 cm³/mol. The lowest BCUT2D eigenvalue weighted by molar-refractivity contribution is -0.134. The number of carbonyl (C=O) groups excluding carboxylic acids is 2. The number of furan rings is 1. The molecule has 4 rings (SSSR count). The normalized spacial score (nSPS) is 26.3. The Hall–Kier alpha value is -1.89. The molecule has 2 aliphatic rings. The van der Waals surface area contributed by atoms with Gasteiger partial charge >= 0.3 is 0 Å². The van der Waals surface area contributed by atoms with Gasteiger partial charge in [-0.3, -0.25) is 9.59 Å². The molecule has 0 spiro atoms. The first kappa shape index (κ1) is 22.3. The molecule has 0 radical (unpaired) electrons. The summed E-state index contributed by atoms with van der Waals surface area (Å²) in [7, 11) is 0. The van der Waals surface area contributed by atoms with Crippen LogP contribution in [0.15, 0.2) is 22.8 Å². The van der Waals surface area contributed by atoms with E-state index in [0.717, 1.165) is 49.1 Å². The number of hydrogen-bond donors (Lipinski definition) is 1. The Labute approximate surface area is 189 Å². The quantitative estimate of drug-likeness (QED) is 0.599. The van der Waals surface area contributed by atoms with Crippen molar-refractivity contribution >= 4 is 34.7 Å². The first-order valence-electron chi connectivity index (χ1n) is 11.7. The molecular weight excluding hydrogens is 410 g/mol. The summed E-state index contributed by atoms with van der Waals surface area (Å²) in [6.45, 7) is 7.37. The van der Waals surface area contributed by atoms with Crippen molar-refractivity contribution in [1.29, 1.82) is 0 Å². The lowest BCUT2D eigenvalue weighted by atomic mass is 9.85. The fourth-order valence-corrected chi connectivity index (χ4v) is 5.87. The van der Waals surface area contributed by atoms with Crippen molar-refractivity contribution in [2.45, 2.75) is 77.4 Å². The molecule has 170 valence electrons. The van der Waals surface area contributed by atoms with Crippen molar-refractivity contribution in [2.24, 2.45) is 5.92 Å². The van der Waals surface area contributed by atoms with Gasteiger partial charge in [0.05, 0.1) is 18.3 Å². The van der Waals surface area contributed by atoms with Gasteiger partial charge in [-0.2, -0.15) is 11.8 Å². The number of nitrogens with one attached hydrogen (secondary N) is 1. The molecule has 2 amide bonds. The summed E-state index contributed by atoms with van der Waals surface area (Å²) in [5, 5.41) is 3.33. The highest BCUT2D eigenvalue weighted by Gasteiger charge is 2.48. The van der Waals surface area contributed by atoms with E-state index >= 15 is 0 Å². The number of thioether (sulfide) groups is 1. The van der Waals surface area contributed by atoms with Gasteiger partial charge in [0.25, 0.3) is 5.91 Å². The molecule has 31 heavy (non-hydrogen) atoms. The summed E-state index contributed by atoms with van der Waals surface area (Å²) in [5.41, 5.74) is 1.28. The number of nitrogens with zero attached hydrogens (tertiary/aromatic N) is 2. The number of rotatable bonds is 8. The van der Waals surface area contributed by atoms with Crippen LogP contribution in [0, 0.1) is 5.92 Å². The highest BCUT2D eigenvalue weighted by molar-refractivity contribution is 7.99. The van der Waals surface area contributed by atoms with E-state index in [1.54, 1.807) is 6.26 Å². The van der Waals surface area contributed by atoms with Crippen molar-refractivity contribution < 1.29 is 14.0 Å². The maximum Gasteiger partial charge on any atom is 0.271 e. The maximum absolute atomic E-state index is 13.7. The molecule has 6 nitrogen and oxygen atoms in total. The Balaban J connectivity index is 1.60. The topological polar surface area (TPSA) is 67.5 Å². The van der Waals surface area contributed by atoms with Gasteiger partial charge in [0.1, 0.15) is 11.2 Å². The largest absolute Gasteiger partial charge is 0.463 e. The third kappa shape index (κ3) is 4.26. The van der Waals surface area contributed by atoms with Crippen LogP contribution in [-0.4, -0.2) is 50.9 Å². The highest BCUT2D eigenvalue weighted by atomic mass is 32.2. The van der Waals surface area contributed by atoms with Gasteiger partial charge in [-0.25, -0.2) is 0 Å². The minimum absolute atomic E-state index is 0.0307. The molecule has 2 aromatic rings. The molecule has 7 heteroatoms. The van der Waals surface area contributed by atoms with Crippen LogP contribution in [0.2, 0.25) is 0 Å². The first-order valence-corrected chi connectivity index (χ1v) is 12.9. The molecule has 3 heterocycles. The van der Waals surface area contributed by atoms with Crippen LogP contribution in [0.1, 0.15) is 69.8 Å². The Kier molecular flexibility index (Phi) is 6.70. The van der Waals surface area contributed by atoms with Gasteiger partial charge in [0, 0.05) is 24.7 Å². The van der Waals surface area contributed by atoms with Crippen LogP contribution in [0.5, 0.6) is 0 Å². The van der Waals surface area contributed by atoms with E-state index in [1.165, 1.54) is 6.42 Å². The van der Waals surface area contributed by atoms with Crippen LogP contribution < -0.4 is 5.32 Å². The number of fused-ring (bicyclic) bond motifs is 3. The smallest absolute Gasteiger partial charge is 0.271 e. The molecule has 1 aliphatic heterocycles. The zero-order valence-electron chi connectivity index (χ0n) is 19.0. The van der Waals surface area contributed by atoms with E-state index in [4.69, 9.17) is 4.42 Å². The molecule has 0 bridgehead atoms. The average molecular weight is 446 g/mol. The maximum atomic E-state index is 13.7. The number of aromatic nitrogens is 1. The van der Waals surface area contributed by atoms with Crippen molar-refractivity contribution in [1.82, 2.24) is 14.8 Å². The van der Waals surface area contributed by atoms with Crippen LogP contribution in [0.3, 0.4) is 0 Å². The minimum Gasteiger partial charge on any atom is -0.463 e. The van der Waals surface area contributed by atoms with Crippen LogP contribution in [0.25, 0.3) is 11.1 Å². The zero-order valence-corrected chi connectivity index (χ0v) is 19.8. The monoisotopic (exact) mass is 445 g/mol. The number of carbonyl (C=O) groups is 2. The Morgan fingerprint density at radius 1 is 1.32 bits per heavy atom. The van der Waals surface area contributed by atoms with Crippen molar-refractivity contribution in [2.75, 3.05) is 18.1 Å². The molecule has 1 aliphatic carbocycles. The van der Waals surface area contributed by atoms with E-state index in [2.05, 4.69) is 19.2 Å². The second kappa shape index (κ2) is 9.31. The third-order valence-corrected chi connectivity index (χ3v) is 8.26. The van der Waals surface area contributed by atoms with Gasteiger partial charge in [0.15, 0.2) is 5.58 Å². The summed E-state index contributed by atoms with van der Waals surface area (Å²) in [5.74, 6) is 2.49. The standard InChI is InChI=1S/C24H35N3O3S/c1-4-13-31-14-7-11-27-22(28)20-15-21-19(10-12-30-21)26(20)16-24(27,3)23(29)25-18-9-6-5-8-17(18)2/h10,12,15,17-18H,4-9,11,13-14,16H2,1-3H3,(H,25,29)/t17-,18+,24-/m1/s1. The predicted octanol–water partition coefficient (Wildman–Crippen LogP) is 4.68. The van der Waals surface area contributed by atoms with Crippen molar-refractivity contribution in [3.05, 3.63) is 24.1 Å². The minimum atomic E-state index is -0.917. The van der Waals surface area contributed by atoms with Gasteiger partial charge in [-0.1, -0.05) is 26.7 Å². The summed E-state index contributed by atoms with van der Waals surface area (Å²) in [6, 6.07) is 3.89. The zero-order chi connectivity index (χ0) is 22.0. The molecule has 2 aromatic heterocycles. The SMILES string of the molecule is CCCSCCCN1C(=O)c2cc3occc3n2C[C@]1(C)C(=O)N[C@H]1CCCC[C@H]1C. The molecule has 1 saturated carbocycles. The second-order valence-corrected chi connectivity index (χ2v) is 10.5. The summed E-state index contributed by atoms with van der Waals surface area (Å²) >= 11 is 1.91. The van der Waals surface area contributed by atoms with Crippen LogP contribution in [-0.2, 0) is 11.3 Å². The molecule has 0 aromatic carbocycles. The summed E-state index contributed by atoms with van der Waals surface area (Å²) in [6.07, 6.45) is 8.23. The van der Waals surface area contributed by atoms with Gasteiger partial charge < -0.3 is 19.2 Å². The molecule has 1 N–H and O–H groups in total. The van der Waals surface area contributed by atoms with E-state index in [9.17, 15) is 9.59 Å². The fourth-order valence-electron chi connectivity index (χ4n) is 5.05. The average Bonchev–Trinajstić information content (AvgIpc) is 3.34. The number of hydrogen-bond acceptors (Lipinski definition) is 4. The Morgan fingerprint density at radius 2 is 2.13 bits per heavy atom. The van der Waals surface area contributed by atoms with Crippen molar-refractivity contribution in [3.8, 4) is 0 Å². The first-order chi connectivity index (χ1) is 15.0. The lowest BCUT2D eigenvalue weighted by Crippen LogP contribution is -2.65. The Morgan fingerprint density at radius 3 is 2.90 bits per heavy atom. The van der Waals surface area contributed by atoms with Crippen molar-refractivity contribution in [3.63, 3.8) is 0 Å². The van der Waals surface area contributed by atoms with Crippen LogP contribution in [0.4, 0.5) is 0 Å². The summed E-state index contributed by atoms with van der Waals surface area (Å²) < 4.78 is 7.51. The molecule has 3 atom stereocenters. The van der Waals surface area contributed by atoms with Gasteiger partial charge in [-0.15, -0.1) is 0 Å².